The molecule has 4 nitrogen and oxygen atoms in total. The summed E-state index contributed by atoms with van der Waals surface area (Å²) >= 11 is 3.52. The molecule has 2 saturated heterocycles. The van der Waals surface area contributed by atoms with E-state index in [4.69, 9.17) is 4.84 Å². The van der Waals surface area contributed by atoms with Gasteiger partial charge in [-0.25, -0.2) is 0 Å². The van der Waals surface area contributed by atoms with Crippen molar-refractivity contribution >= 4 is 21.6 Å². The number of likely N-dealkylation sites (tertiary alicyclic amines) is 1. The van der Waals surface area contributed by atoms with Crippen molar-refractivity contribution < 1.29 is 4.84 Å². The predicted octanol–water partition coefficient (Wildman–Crippen LogP) is 3.94. The first-order valence-corrected chi connectivity index (χ1v) is 10.2. The lowest BCUT2D eigenvalue weighted by Gasteiger charge is -2.46. The third-order valence-corrected chi connectivity index (χ3v) is 6.14. The minimum absolute atomic E-state index is 0.363. The molecular formula is C20H30BrN3O. The summed E-state index contributed by atoms with van der Waals surface area (Å²) in [5, 5.41) is 3.49. The Morgan fingerprint density at radius 2 is 1.84 bits per heavy atom. The standard InChI is InChI=1S/C20H30BrN3O/c1-3-25-23-19(16-4-6-18(21)7-5-16)17-8-14-24(15-9-17)20(2)10-12-22-13-11-20/h4-7,22-23H,3,8-15H2,1-2H3. The number of nitrogens with zero attached hydrogens (tertiary/aromatic N) is 1. The first kappa shape index (κ1) is 18.9. The van der Waals surface area contributed by atoms with Crippen molar-refractivity contribution in [2.24, 2.45) is 0 Å². The fourth-order valence-electron chi connectivity index (χ4n) is 3.94. The molecule has 5 heteroatoms. The summed E-state index contributed by atoms with van der Waals surface area (Å²) in [6, 6.07) is 8.49. The molecule has 0 radical (unpaired) electrons. The Kier molecular flexibility index (Phi) is 6.55. The van der Waals surface area contributed by atoms with E-state index >= 15 is 0 Å². The fourth-order valence-corrected chi connectivity index (χ4v) is 4.21. The molecule has 1 aromatic carbocycles. The van der Waals surface area contributed by atoms with Crippen molar-refractivity contribution in [1.29, 1.82) is 0 Å². The molecule has 25 heavy (non-hydrogen) atoms. The Labute approximate surface area is 160 Å². The summed E-state index contributed by atoms with van der Waals surface area (Å²) in [6.45, 7) is 9.68. The average Bonchev–Trinajstić information content (AvgIpc) is 2.64. The number of nitrogens with one attached hydrogen (secondary N) is 2. The van der Waals surface area contributed by atoms with Crippen LogP contribution in [0.3, 0.4) is 0 Å². The van der Waals surface area contributed by atoms with Gasteiger partial charge in [-0.1, -0.05) is 28.1 Å². The molecule has 2 aliphatic heterocycles. The molecular weight excluding hydrogens is 378 g/mol. The zero-order chi connectivity index (χ0) is 17.7. The van der Waals surface area contributed by atoms with Crippen LogP contribution in [0, 0.1) is 0 Å². The number of hydroxylamine groups is 1. The van der Waals surface area contributed by atoms with Gasteiger partial charge in [-0.2, -0.15) is 0 Å². The number of hydrogen-bond acceptors (Lipinski definition) is 4. The van der Waals surface area contributed by atoms with Gasteiger partial charge in [0.1, 0.15) is 0 Å². The maximum absolute atomic E-state index is 5.56. The molecule has 138 valence electrons. The summed E-state index contributed by atoms with van der Waals surface area (Å²) in [7, 11) is 0. The Bertz CT molecular complexity index is 583. The zero-order valence-electron chi connectivity index (χ0n) is 15.4. The van der Waals surface area contributed by atoms with Crippen LogP contribution < -0.4 is 10.8 Å². The minimum Gasteiger partial charge on any atom is -0.317 e. The lowest BCUT2D eigenvalue weighted by molar-refractivity contribution is 0.0629. The quantitative estimate of drug-likeness (QED) is 0.724. The molecule has 0 unspecified atom stereocenters. The molecule has 0 amide bonds. The van der Waals surface area contributed by atoms with Crippen LogP contribution in [0.2, 0.25) is 0 Å². The summed E-state index contributed by atoms with van der Waals surface area (Å²) in [4.78, 5) is 8.26. The smallest absolute Gasteiger partial charge is 0.0717 e. The second kappa shape index (κ2) is 8.67. The van der Waals surface area contributed by atoms with E-state index in [0.29, 0.717) is 12.1 Å². The maximum atomic E-state index is 5.56. The van der Waals surface area contributed by atoms with E-state index in [0.717, 1.165) is 49.2 Å². The van der Waals surface area contributed by atoms with E-state index in [1.165, 1.54) is 24.0 Å². The van der Waals surface area contributed by atoms with E-state index < -0.39 is 0 Å². The molecule has 0 bridgehead atoms. The second-order valence-electron chi connectivity index (χ2n) is 7.25. The molecule has 3 rings (SSSR count). The third-order valence-electron chi connectivity index (χ3n) is 5.62. The van der Waals surface area contributed by atoms with Gasteiger partial charge in [-0.15, -0.1) is 0 Å². The van der Waals surface area contributed by atoms with Gasteiger partial charge in [-0.05, 0) is 75.9 Å². The highest BCUT2D eigenvalue weighted by atomic mass is 79.9. The van der Waals surface area contributed by atoms with Crippen LogP contribution in [-0.4, -0.2) is 43.2 Å². The van der Waals surface area contributed by atoms with Crippen LogP contribution in [0.5, 0.6) is 0 Å². The minimum atomic E-state index is 0.363. The largest absolute Gasteiger partial charge is 0.317 e. The van der Waals surface area contributed by atoms with Gasteiger partial charge >= 0.3 is 0 Å². The predicted molar refractivity (Wildman–Crippen MR) is 107 cm³/mol. The normalized spacial score (nSPS) is 21.2. The number of rotatable bonds is 5. The maximum Gasteiger partial charge on any atom is 0.0717 e. The van der Waals surface area contributed by atoms with E-state index in [2.05, 4.69) is 62.8 Å². The van der Waals surface area contributed by atoms with E-state index in [-0.39, 0.29) is 0 Å². The second-order valence-corrected chi connectivity index (χ2v) is 8.17. The van der Waals surface area contributed by atoms with Crippen LogP contribution in [0.1, 0.15) is 45.1 Å². The monoisotopic (exact) mass is 407 g/mol. The fraction of sp³-hybridized carbons (Fsp3) is 0.600. The van der Waals surface area contributed by atoms with Crippen molar-refractivity contribution in [1.82, 2.24) is 15.7 Å². The van der Waals surface area contributed by atoms with Crippen LogP contribution >= 0.6 is 15.9 Å². The highest BCUT2D eigenvalue weighted by Crippen LogP contribution is 2.32. The summed E-state index contributed by atoms with van der Waals surface area (Å²) in [6.07, 6.45) is 4.72. The Hall–Kier alpha value is -0.880. The SMILES string of the molecule is CCONC(=C1CCN(C2(C)CCNCC2)CC1)c1ccc(Br)cc1. The Morgan fingerprint density at radius 3 is 2.44 bits per heavy atom. The van der Waals surface area contributed by atoms with Crippen LogP contribution in [0.15, 0.2) is 34.3 Å². The molecule has 0 aliphatic carbocycles. The molecule has 2 N–H and O–H groups in total. The first-order chi connectivity index (χ1) is 12.1. The van der Waals surface area contributed by atoms with Crippen LogP contribution in [0.25, 0.3) is 5.70 Å². The first-order valence-electron chi connectivity index (χ1n) is 9.44. The summed E-state index contributed by atoms with van der Waals surface area (Å²) in [5.41, 5.74) is 7.41. The molecule has 0 aromatic heterocycles. The molecule has 2 fully saturated rings. The van der Waals surface area contributed by atoms with Gasteiger partial charge in [-0.3, -0.25) is 15.2 Å². The van der Waals surface area contributed by atoms with E-state index in [9.17, 15) is 0 Å². The highest BCUT2D eigenvalue weighted by Gasteiger charge is 2.34. The zero-order valence-corrected chi connectivity index (χ0v) is 17.0. The van der Waals surface area contributed by atoms with Gasteiger partial charge in [0.25, 0.3) is 0 Å². The van der Waals surface area contributed by atoms with E-state index in [1.807, 2.05) is 6.92 Å². The topological polar surface area (TPSA) is 36.5 Å². The molecule has 0 spiro atoms. The number of benzene rings is 1. The summed E-state index contributed by atoms with van der Waals surface area (Å²) < 4.78 is 1.10. The van der Waals surface area contributed by atoms with Crippen molar-refractivity contribution in [3.8, 4) is 0 Å². The number of piperidine rings is 2. The molecule has 1 aromatic rings. The lowest BCUT2D eigenvalue weighted by Crippen LogP contribution is -2.54. The lowest BCUT2D eigenvalue weighted by atomic mass is 9.86. The molecule has 0 atom stereocenters. The highest BCUT2D eigenvalue weighted by molar-refractivity contribution is 9.10. The van der Waals surface area contributed by atoms with Crippen LogP contribution in [-0.2, 0) is 4.84 Å². The van der Waals surface area contributed by atoms with Crippen molar-refractivity contribution in [2.45, 2.75) is 45.1 Å². The molecule has 2 heterocycles. The van der Waals surface area contributed by atoms with Gasteiger partial charge in [0.2, 0.25) is 0 Å². The number of hydrogen-bond donors (Lipinski definition) is 2. The molecule has 2 aliphatic rings. The van der Waals surface area contributed by atoms with Crippen LogP contribution in [0.4, 0.5) is 0 Å². The van der Waals surface area contributed by atoms with Crippen molar-refractivity contribution in [3.63, 3.8) is 0 Å². The van der Waals surface area contributed by atoms with Crippen molar-refractivity contribution in [2.75, 3.05) is 32.8 Å². The summed E-state index contributed by atoms with van der Waals surface area (Å²) in [5.74, 6) is 0. The molecule has 0 saturated carbocycles. The number of halogens is 1. The van der Waals surface area contributed by atoms with Gasteiger partial charge in [0, 0.05) is 23.1 Å². The Balaban J connectivity index is 1.74. The van der Waals surface area contributed by atoms with Gasteiger partial charge in [0.15, 0.2) is 0 Å². The third kappa shape index (κ3) is 4.64. The average molecular weight is 408 g/mol. The van der Waals surface area contributed by atoms with Gasteiger partial charge in [0.05, 0.1) is 12.3 Å². The Morgan fingerprint density at radius 1 is 1.20 bits per heavy atom. The van der Waals surface area contributed by atoms with Crippen molar-refractivity contribution in [3.05, 3.63) is 39.9 Å². The van der Waals surface area contributed by atoms with Gasteiger partial charge < -0.3 is 5.32 Å². The van der Waals surface area contributed by atoms with E-state index in [1.54, 1.807) is 0 Å².